The third-order valence-corrected chi connectivity index (χ3v) is 2.23. The zero-order chi connectivity index (χ0) is 10.6. The second-order valence-electron chi connectivity index (χ2n) is 2.92. The number of aromatic hydroxyl groups is 1. The van der Waals surface area contributed by atoms with Gasteiger partial charge in [-0.2, -0.15) is 0 Å². The summed E-state index contributed by atoms with van der Waals surface area (Å²) in [6.45, 7) is 2.59. The highest BCUT2D eigenvalue weighted by Gasteiger charge is 2.10. The predicted molar refractivity (Wildman–Crippen MR) is 58.4 cm³/mol. The van der Waals surface area contributed by atoms with E-state index in [0.29, 0.717) is 12.1 Å². The SMILES string of the molecule is CCCNC(=O)c1cc(Br)ccc1O. The zero-order valence-corrected chi connectivity index (χ0v) is 9.47. The first-order chi connectivity index (χ1) is 6.65. The van der Waals surface area contributed by atoms with Crippen molar-refractivity contribution in [3.05, 3.63) is 28.2 Å². The number of hydrogen-bond acceptors (Lipinski definition) is 2. The topological polar surface area (TPSA) is 49.3 Å². The molecule has 0 aliphatic heterocycles. The van der Waals surface area contributed by atoms with Crippen molar-refractivity contribution >= 4 is 21.8 Å². The van der Waals surface area contributed by atoms with Crippen LogP contribution in [0, 0.1) is 0 Å². The van der Waals surface area contributed by atoms with Gasteiger partial charge >= 0.3 is 0 Å². The normalized spacial score (nSPS) is 9.86. The minimum Gasteiger partial charge on any atom is -0.507 e. The van der Waals surface area contributed by atoms with E-state index < -0.39 is 0 Å². The maximum atomic E-state index is 11.5. The first-order valence-corrected chi connectivity index (χ1v) is 5.21. The summed E-state index contributed by atoms with van der Waals surface area (Å²) in [6.07, 6.45) is 0.876. The van der Waals surface area contributed by atoms with Crippen LogP contribution in [0.2, 0.25) is 0 Å². The third-order valence-electron chi connectivity index (χ3n) is 1.74. The highest BCUT2D eigenvalue weighted by molar-refractivity contribution is 9.10. The van der Waals surface area contributed by atoms with Gasteiger partial charge in [-0.3, -0.25) is 4.79 Å². The lowest BCUT2D eigenvalue weighted by molar-refractivity contribution is 0.0951. The molecule has 0 heterocycles. The number of rotatable bonds is 3. The maximum Gasteiger partial charge on any atom is 0.255 e. The lowest BCUT2D eigenvalue weighted by atomic mass is 10.2. The van der Waals surface area contributed by atoms with Gasteiger partial charge in [0, 0.05) is 11.0 Å². The van der Waals surface area contributed by atoms with Crippen molar-refractivity contribution in [2.75, 3.05) is 6.54 Å². The first kappa shape index (κ1) is 11.0. The van der Waals surface area contributed by atoms with Gasteiger partial charge < -0.3 is 10.4 Å². The number of nitrogens with one attached hydrogen (secondary N) is 1. The van der Waals surface area contributed by atoms with Crippen LogP contribution in [0.4, 0.5) is 0 Å². The molecule has 0 aliphatic rings. The van der Waals surface area contributed by atoms with Crippen LogP contribution in [0.25, 0.3) is 0 Å². The summed E-state index contributed by atoms with van der Waals surface area (Å²) in [6, 6.07) is 4.78. The van der Waals surface area contributed by atoms with Crippen LogP contribution in [-0.4, -0.2) is 17.6 Å². The summed E-state index contributed by atoms with van der Waals surface area (Å²) in [7, 11) is 0. The summed E-state index contributed by atoms with van der Waals surface area (Å²) in [5.41, 5.74) is 0.299. The predicted octanol–water partition coefficient (Wildman–Crippen LogP) is 2.29. The van der Waals surface area contributed by atoms with Crippen LogP contribution in [0.3, 0.4) is 0 Å². The highest BCUT2D eigenvalue weighted by atomic mass is 79.9. The summed E-state index contributed by atoms with van der Waals surface area (Å²) in [4.78, 5) is 11.5. The van der Waals surface area contributed by atoms with Gasteiger partial charge in [0.25, 0.3) is 5.91 Å². The number of phenolic OH excluding ortho intramolecular Hbond substituents is 1. The number of carbonyl (C=O) groups is 1. The van der Waals surface area contributed by atoms with Crippen LogP contribution >= 0.6 is 15.9 Å². The molecular formula is C10H12BrNO2. The van der Waals surface area contributed by atoms with Crippen molar-refractivity contribution < 1.29 is 9.90 Å². The van der Waals surface area contributed by atoms with Gasteiger partial charge in [0.1, 0.15) is 5.75 Å². The molecule has 0 aromatic heterocycles. The smallest absolute Gasteiger partial charge is 0.255 e. The lowest BCUT2D eigenvalue weighted by Gasteiger charge is -2.05. The summed E-state index contributed by atoms with van der Waals surface area (Å²) < 4.78 is 0.775. The van der Waals surface area contributed by atoms with E-state index in [1.807, 2.05) is 6.92 Å². The first-order valence-electron chi connectivity index (χ1n) is 4.42. The molecule has 0 fully saturated rings. The Labute approximate surface area is 91.3 Å². The van der Waals surface area contributed by atoms with E-state index >= 15 is 0 Å². The van der Waals surface area contributed by atoms with E-state index in [4.69, 9.17) is 0 Å². The van der Waals surface area contributed by atoms with E-state index in [9.17, 15) is 9.90 Å². The van der Waals surface area contributed by atoms with E-state index in [1.54, 1.807) is 12.1 Å². The molecule has 1 amide bonds. The monoisotopic (exact) mass is 257 g/mol. The van der Waals surface area contributed by atoms with Crippen LogP contribution in [0.5, 0.6) is 5.75 Å². The van der Waals surface area contributed by atoms with E-state index in [0.717, 1.165) is 10.9 Å². The zero-order valence-electron chi connectivity index (χ0n) is 7.88. The average Bonchev–Trinajstić information content (AvgIpc) is 2.18. The molecule has 1 aromatic carbocycles. The molecule has 1 rings (SSSR count). The van der Waals surface area contributed by atoms with E-state index in [2.05, 4.69) is 21.2 Å². The Kier molecular flexibility index (Phi) is 3.95. The van der Waals surface area contributed by atoms with E-state index in [-0.39, 0.29) is 11.7 Å². The number of hydrogen-bond donors (Lipinski definition) is 2. The van der Waals surface area contributed by atoms with Gasteiger partial charge in [0.2, 0.25) is 0 Å². The summed E-state index contributed by atoms with van der Waals surface area (Å²) in [5.74, 6) is -0.243. The van der Waals surface area contributed by atoms with Gasteiger partial charge in [0.05, 0.1) is 5.56 Å². The lowest BCUT2D eigenvalue weighted by Crippen LogP contribution is -2.23. The number of carbonyl (C=O) groups excluding carboxylic acids is 1. The molecule has 2 N–H and O–H groups in total. The van der Waals surface area contributed by atoms with Crippen molar-refractivity contribution in [2.45, 2.75) is 13.3 Å². The fourth-order valence-corrected chi connectivity index (χ4v) is 1.38. The molecule has 4 heteroatoms. The number of halogens is 1. The molecule has 0 bridgehead atoms. The van der Waals surface area contributed by atoms with Crippen LogP contribution < -0.4 is 5.32 Å². The Balaban J connectivity index is 2.83. The van der Waals surface area contributed by atoms with Gasteiger partial charge in [-0.15, -0.1) is 0 Å². The Morgan fingerprint density at radius 1 is 1.57 bits per heavy atom. The Hall–Kier alpha value is -1.03. The molecule has 1 aromatic rings. The number of phenols is 1. The number of benzene rings is 1. The second kappa shape index (κ2) is 5.00. The van der Waals surface area contributed by atoms with Crippen LogP contribution in [0.1, 0.15) is 23.7 Å². The Morgan fingerprint density at radius 3 is 2.93 bits per heavy atom. The standard InChI is InChI=1S/C10H12BrNO2/c1-2-5-12-10(14)8-6-7(11)3-4-9(8)13/h3-4,6,13H,2,5H2,1H3,(H,12,14). The summed E-state index contributed by atoms with van der Waals surface area (Å²) in [5, 5.41) is 12.1. The van der Waals surface area contributed by atoms with Gasteiger partial charge in [0.15, 0.2) is 0 Å². The molecule has 0 radical (unpaired) electrons. The molecule has 0 spiro atoms. The third kappa shape index (κ3) is 2.73. The van der Waals surface area contributed by atoms with Gasteiger partial charge in [-0.05, 0) is 24.6 Å². The summed E-state index contributed by atoms with van der Waals surface area (Å²) >= 11 is 3.24. The quantitative estimate of drug-likeness (QED) is 0.873. The molecule has 3 nitrogen and oxygen atoms in total. The van der Waals surface area contributed by atoms with Gasteiger partial charge in [-0.1, -0.05) is 22.9 Å². The molecule has 0 saturated heterocycles. The fourth-order valence-electron chi connectivity index (χ4n) is 1.02. The van der Waals surface area contributed by atoms with Crippen LogP contribution in [0.15, 0.2) is 22.7 Å². The maximum absolute atomic E-state index is 11.5. The largest absolute Gasteiger partial charge is 0.507 e. The molecule has 0 aliphatic carbocycles. The van der Waals surface area contributed by atoms with Crippen molar-refractivity contribution in [1.29, 1.82) is 0 Å². The molecular weight excluding hydrogens is 246 g/mol. The molecule has 76 valence electrons. The minimum atomic E-state index is -0.245. The van der Waals surface area contributed by atoms with Crippen molar-refractivity contribution in [3.63, 3.8) is 0 Å². The average molecular weight is 258 g/mol. The van der Waals surface area contributed by atoms with E-state index in [1.165, 1.54) is 6.07 Å². The Morgan fingerprint density at radius 2 is 2.29 bits per heavy atom. The molecule has 14 heavy (non-hydrogen) atoms. The van der Waals surface area contributed by atoms with Crippen molar-refractivity contribution in [3.8, 4) is 5.75 Å². The highest BCUT2D eigenvalue weighted by Crippen LogP contribution is 2.21. The Bertz CT molecular complexity index is 339. The fraction of sp³-hybridized carbons (Fsp3) is 0.300. The molecule has 0 saturated carbocycles. The van der Waals surface area contributed by atoms with Crippen molar-refractivity contribution in [2.24, 2.45) is 0 Å². The van der Waals surface area contributed by atoms with Crippen molar-refractivity contribution in [1.82, 2.24) is 5.32 Å². The second-order valence-corrected chi connectivity index (χ2v) is 3.83. The number of amides is 1. The van der Waals surface area contributed by atoms with Gasteiger partial charge in [-0.25, -0.2) is 0 Å². The molecule has 0 unspecified atom stereocenters. The molecule has 0 atom stereocenters. The minimum absolute atomic E-state index is 0.00167. The van der Waals surface area contributed by atoms with Crippen LogP contribution in [-0.2, 0) is 0 Å².